The van der Waals surface area contributed by atoms with Crippen molar-refractivity contribution < 1.29 is 0 Å². The molecule has 1 heterocycles. The fraction of sp³-hybridized carbons (Fsp3) is 0.231. The molecule has 0 spiro atoms. The Bertz CT molecular complexity index is 552. The van der Waals surface area contributed by atoms with Gasteiger partial charge in [-0.1, -0.05) is 12.1 Å². The van der Waals surface area contributed by atoms with Crippen LogP contribution in [0.25, 0.3) is 10.4 Å². The molecule has 1 aliphatic rings. The first kappa shape index (κ1) is 8.98. The maximum Gasteiger partial charge on any atom is 0.0865 e. The van der Waals surface area contributed by atoms with Crippen LogP contribution in [0, 0.1) is 13.8 Å². The normalized spacial score (nSPS) is 12.7. The van der Waals surface area contributed by atoms with Gasteiger partial charge in [0.1, 0.15) is 0 Å². The second-order valence-electron chi connectivity index (χ2n) is 4.23. The van der Waals surface area contributed by atoms with Crippen molar-refractivity contribution in [3.63, 3.8) is 0 Å². The minimum Gasteiger partial charge on any atom is -0.391 e. The molecule has 15 heavy (non-hydrogen) atoms. The van der Waals surface area contributed by atoms with Crippen molar-refractivity contribution in [1.29, 1.82) is 0 Å². The van der Waals surface area contributed by atoms with Crippen molar-refractivity contribution in [3.05, 3.63) is 40.5 Å². The molecule has 0 fully saturated rings. The first-order chi connectivity index (χ1) is 7.16. The molecular formula is C13H13NS. The molecule has 1 aliphatic carbocycles. The maximum absolute atomic E-state index is 5.85. The number of thiophene rings is 1. The van der Waals surface area contributed by atoms with Crippen molar-refractivity contribution in [1.82, 2.24) is 0 Å². The summed E-state index contributed by atoms with van der Waals surface area (Å²) in [7, 11) is 0. The van der Waals surface area contributed by atoms with Gasteiger partial charge in [-0.25, -0.2) is 0 Å². The summed E-state index contributed by atoms with van der Waals surface area (Å²) in [6.45, 7) is 4.38. The van der Waals surface area contributed by atoms with Gasteiger partial charge in [-0.05, 0) is 54.2 Å². The molecule has 0 saturated carbocycles. The summed E-state index contributed by atoms with van der Waals surface area (Å²) in [6.07, 6.45) is 1.06. The highest BCUT2D eigenvalue weighted by atomic mass is 32.1. The number of hydrogen-bond donors (Lipinski definition) is 1. The summed E-state index contributed by atoms with van der Waals surface area (Å²) in [5, 5.41) is 0.937. The molecule has 0 radical (unpaired) electrons. The molecule has 2 N–H and O–H groups in total. The molecule has 0 atom stereocenters. The van der Waals surface area contributed by atoms with Crippen LogP contribution >= 0.6 is 11.3 Å². The van der Waals surface area contributed by atoms with E-state index in [0.717, 1.165) is 11.4 Å². The van der Waals surface area contributed by atoms with Gasteiger partial charge in [0.05, 0.1) is 5.00 Å². The van der Waals surface area contributed by atoms with E-state index in [-0.39, 0.29) is 0 Å². The van der Waals surface area contributed by atoms with Gasteiger partial charge in [-0.15, -0.1) is 11.3 Å². The first-order valence-electron chi connectivity index (χ1n) is 5.14. The summed E-state index contributed by atoms with van der Waals surface area (Å²) >= 11 is 1.72. The highest BCUT2D eigenvalue weighted by molar-refractivity contribution is 7.19. The van der Waals surface area contributed by atoms with Crippen LogP contribution in [0.3, 0.4) is 0 Å². The Morgan fingerprint density at radius 1 is 1.20 bits per heavy atom. The molecule has 1 aromatic carbocycles. The van der Waals surface area contributed by atoms with Crippen LogP contribution in [0.5, 0.6) is 0 Å². The Kier molecular flexibility index (Phi) is 1.71. The lowest BCUT2D eigenvalue weighted by atomic mass is 10.00. The average molecular weight is 215 g/mol. The van der Waals surface area contributed by atoms with E-state index in [1.807, 2.05) is 0 Å². The zero-order chi connectivity index (χ0) is 10.6. The molecule has 0 aliphatic heterocycles. The van der Waals surface area contributed by atoms with Gasteiger partial charge in [0.2, 0.25) is 0 Å². The summed E-state index contributed by atoms with van der Waals surface area (Å²) in [5.74, 6) is 0. The Balaban J connectivity index is 2.35. The quantitative estimate of drug-likeness (QED) is 0.610. The number of hydrogen-bond acceptors (Lipinski definition) is 2. The molecule has 1 aromatic heterocycles. The van der Waals surface area contributed by atoms with Gasteiger partial charge in [0.15, 0.2) is 0 Å². The minimum atomic E-state index is 0.937. The molecule has 3 rings (SSSR count). The monoisotopic (exact) mass is 215 g/mol. The number of nitrogen functional groups attached to an aromatic ring is 1. The van der Waals surface area contributed by atoms with E-state index in [9.17, 15) is 0 Å². The molecule has 0 unspecified atom stereocenters. The number of aryl methyl sites for hydroxylation is 2. The second kappa shape index (κ2) is 2.86. The number of rotatable bonds is 0. The van der Waals surface area contributed by atoms with Crippen molar-refractivity contribution in [2.75, 3.05) is 5.73 Å². The first-order valence-corrected chi connectivity index (χ1v) is 5.96. The molecule has 1 nitrogen and oxygen atoms in total. The van der Waals surface area contributed by atoms with Crippen molar-refractivity contribution >= 4 is 16.3 Å². The highest BCUT2D eigenvalue weighted by Crippen LogP contribution is 2.45. The molecule has 2 heteroatoms. The summed E-state index contributed by atoms with van der Waals surface area (Å²) in [6, 6.07) is 6.55. The minimum absolute atomic E-state index is 0.937. The van der Waals surface area contributed by atoms with Crippen molar-refractivity contribution in [2.24, 2.45) is 0 Å². The Morgan fingerprint density at radius 2 is 1.93 bits per heavy atom. The van der Waals surface area contributed by atoms with Gasteiger partial charge in [0, 0.05) is 4.88 Å². The third kappa shape index (κ3) is 1.15. The average Bonchev–Trinajstić information content (AvgIpc) is 2.67. The van der Waals surface area contributed by atoms with Crippen LogP contribution in [0.15, 0.2) is 18.2 Å². The lowest BCUT2D eigenvalue weighted by molar-refractivity contribution is 1.21. The molecule has 0 bridgehead atoms. The third-order valence-electron chi connectivity index (χ3n) is 3.18. The van der Waals surface area contributed by atoms with E-state index in [0.29, 0.717) is 0 Å². The van der Waals surface area contributed by atoms with Gasteiger partial charge in [-0.2, -0.15) is 0 Å². The molecule has 2 aromatic rings. The molecular weight excluding hydrogens is 202 g/mol. The van der Waals surface area contributed by atoms with E-state index in [2.05, 4.69) is 32.0 Å². The fourth-order valence-electron chi connectivity index (χ4n) is 2.40. The maximum atomic E-state index is 5.85. The predicted molar refractivity (Wildman–Crippen MR) is 66.4 cm³/mol. The van der Waals surface area contributed by atoms with Gasteiger partial charge in [-0.3, -0.25) is 0 Å². The van der Waals surface area contributed by atoms with Crippen LogP contribution in [-0.4, -0.2) is 0 Å². The number of benzene rings is 1. The lowest BCUT2D eigenvalue weighted by Gasteiger charge is -2.07. The van der Waals surface area contributed by atoms with Crippen LogP contribution in [0.4, 0.5) is 5.00 Å². The Morgan fingerprint density at radius 3 is 2.73 bits per heavy atom. The van der Waals surface area contributed by atoms with Gasteiger partial charge < -0.3 is 5.73 Å². The largest absolute Gasteiger partial charge is 0.391 e. The molecule has 0 amide bonds. The van der Waals surface area contributed by atoms with E-state index >= 15 is 0 Å². The van der Waals surface area contributed by atoms with Crippen LogP contribution < -0.4 is 5.73 Å². The van der Waals surface area contributed by atoms with E-state index in [4.69, 9.17) is 5.73 Å². The standard InChI is InChI=1S/C13H13NS/c1-7-3-4-8(2)12-10(7)5-9-6-11(14)15-13(9)12/h3-4,6H,5,14H2,1-2H3. The number of anilines is 1. The zero-order valence-corrected chi connectivity index (χ0v) is 9.74. The van der Waals surface area contributed by atoms with E-state index in [1.54, 1.807) is 11.3 Å². The predicted octanol–water partition coefficient (Wildman–Crippen LogP) is 3.52. The number of fused-ring (bicyclic) bond motifs is 3. The summed E-state index contributed by atoms with van der Waals surface area (Å²) in [4.78, 5) is 1.39. The summed E-state index contributed by atoms with van der Waals surface area (Å²) in [5.41, 5.74) is 13.0. The van der Waals surface area contributed by atoms with Gasteiger partial charge in [0.25, 0.3) is 0 Å². The van der Waals surface area contributed by atoms with E-state index < -0.39 is 0 Å². The smallest absolute Gasteiger partial charge is 0.0865 e. The SMILES string of the molecule is Cc1ccc(C)c2c1Cc1cc(N)sc1-2. The van der Waals surface area contributed by atoms with Crippen molar-refractivity contribution in [2.45, 2.75) is 20.3 Å². The summed E-state index contributed by atoms with van der Waals surface area (Å²) < 4.78 is 0. The molecule has 0 saturated heterocycles. The topological polar surface area (TPSA) is 26.0 Å². The Labute approximate surface area is 93.6 Å². The van der Waals surface area contributed by atoms with E-state index in [1.165, 1.54) is 32.7 Å². The number of nitrogens with two attached hydrogens (primary N) is 1. The Hall–Kier alpha value is -1.28. The molecule has 76 valence electrons. The van der Waals surface area contributed by atoms with Crippen LogP contribution in [0.2, 0.25) is 0 Å². The second-order valence-corrected chi connectivity index (χ2v) is 5.32. The highest BCUT2D eigenvalue weighted by Gasteiger charge is 2.23. The zero-order valence-electron chi connectivity index (χ0n) is 8.92. The lowest BCUT2D eigenvalue weighted by Crippen LogP contribution is -1.89. The van der Waals surface area contributed by atoms with Crippen molar-refractivity contribution in [3.8, 4) is 10.4 Å². The fourth-order valence-corrected chi connectivity index (χ4v) is 3.48. The third-order valence-corrected chi connectivity index (χ3v) is 4.20. The van der Waals surface area contributed by atoms with Gasteiger partial charge >= 0.3 is 0 Å². The van der Waals surface area contributed by atoms with Crippen LogP contribution in [-0.2, 0) is 6.42 Å². The van der Waals surface area contributed by atoms with Crippen LogP contribution in [0.1, 0.15) is 22.3 Å².